The van der Waals surface area contributed by atoms with Crippen LogP contribution in [0.1, 0.15) is 51.2 Å². The maximum absolute atomic E-state index is 6.03. The predicted octanol–water partition coefficient (Wildman–Crippen LogP) is 8.00. The molecule has 3 aromatic carbocycles. The lowest BCUT2D eigenvalue weighted by Gasteiger charge is -2.47. The van der Waals surface area contributed by atoms with Crippen molar-refractivity contribution in [2.45, 2.75) is 45.6 Å². The zero-order valence-corrected chi connectivity index (χ0v) is 20.7. The van der Waals surface area contributed by atoms with E-state index < -0.39 is 0 Å². The van der Waals surface area contributed by atoms with Crippen LogP contribution in [0.2, 0.25) is 5.02 Å². The van der Waals surface area contributed by atoms with Gasteiger partial charge in [0.1, 0.15) is 17.2 Å². The Morgan fingerprint density at radius 3 is 2.52 bits per heavy atom. The van der Waals surface area contributed by atoms with Gasteiger partial charge in [-0.25, -0.2) is 0 Å². The number of hydrogen-bond donors (Lipinski definition) is 0. The van der Waals surface area contributed by atoms with E-state index in [-0.39, 0.29) is 5.54 Å². The number of aliphatic imine (C=N–C) groups is 1. The molecule has 0 aliphatic carbocycles. The van der Waals surface area contributed by atoms with E-state index in [0.29, 0.717) is 16.7 Å². The molecule has 0 bridgehead atoms. The second kappa shape index (κ2) is 9.48. The van der Waals surface area contributed by atoms with Gasteiger partial charge in [-0.3, -0.25) is 4.99 Å². The standard InChI is InChI=1S/C28H31ClN2O2/c1-6-31-26-16-27(32-5)20(14-25(26)19(2)17-28(31,3)4)18-30-22-10-12-23(13-11-22)33-24-9-7-8-21(29)15-24/h7-16,18-19H,6,17H2,1-5H3. The summed E-state index contributed by atoms with van der Waals surface area (Å²) in [4.78, 5) is 7.17. The average Bonchev–Trinajstić information content (AvgIpc) is 2.78. The Morgan fingerprint density at radius 2 is 1.85 bits per heavy atom. The summed E-state index contributed by atoms with van der Waals surface area (Å²) in [6.45, 7) is 10.1. The summed E-state index contributed by atoms with van der Waals surface area (Å²) >= 11 is 6.03. The second-order valence-electron chi connectivity index (χ2n) is 9.13. The lowest BCUT2D eigenvalue weighted by atomic mass is 9.79. The van der Waals surface area contributed by atoms with Crippen LogP contribution in [0.15, 0.2) is 65.7 Å². The molecule has 0 aromatic heterocycles. The first-order valence-electron chi connectivity index (χ1n) is 11.4. The van der Waals surface area contributed by atoms with Gasteiger partial charge in [0.15, 0.2) is 0 Å². The maximum atomic E-state index is 6.03. The summed E-state index contributed by atoms with van der Waals surface area (Å²) in [5, 5.41) is 0.646. The molecule has 0 spiro atoms. The van der Waals surface area contributed by atoms with Crippen molar-refractivity contribution in [2.75, 3.05) is 18.6 Å². The van der Waals surface area contributed by atoms with Crippen molar-refractivity contribution in [3.05, 3.63) is 76.8 Å². The van der Waals surface area contributed by atoms with Crippen LogP contribution in [-0.4, -0.2) is 25.4 Å². The highest BCUT2D eigenvalue weighted by Gasteiger charge is 2.36. The Bertz CT molecular complexity index is 1160. The van der Waals surface area contributed by atoms with E-state index in [4.69, 9.17) is 26.1 Å². The minimum absolute atomic E-state index is 0.122. The lowest BCUT2D eigenvalue weighted by molar-refractivity contribution is 0.377. The van der Waals surface area contributed by atoms with E-state index >= 15 is 0 Å². The Hall–Kier alpha value is -2.98. The van der Waals surface area contributed by atoms with Crippen LogP contribution in [0, 0.1) is 0 Å². The molecular formula is C28H31ClN2O2. The van der Waals surface area contributed by atoms with Gasteiger partial charge in [-0.15, -0.1) is 0 Å². The highest BCUT2D eigenvalue weighted by molar-refractivity contribution is 6.30. The third-order valence-corrected chi connectivity index (χ3v) is 6.51. The van der Waals surface area contributed by atoms with E-state index in [9.17, 15) is 0 Å². The van der Waals surface area contributed by atoms with Crippen LogP contribution in [-0.2, 0) is 0 Å². The summed E-state index contributed by atoms with van der Waals surface area (Å²) in [5.74, 6) is 2.75. The number of halogens is 1. The monoisotopic (exact) mass is 462 g/mol. The Morgan fingerprint density at radius 1 is 1.09 bits per heavy atom. The minimum Gasteiger partial charge on any atom is -0.496 e. The third kappa shape index (κ3) is 5.01. The molecule has 172 valence electrons. The van der Waals surface area contributed by atoms with Crippen molar-refractivity contribution < 1.29 is 9.47 Å². The van der Waals surface area contributed by atoms with E-state index in [2.05, 4.69) is 44.7 Å². The zero-order chi connectivity index (χ0) is 23.6. The molecule has 0 radical (unpaired) electrons. The smallest absolute Gasteiger partial charge is 0.129 e. The fraction of sp³-hybridized carbons (Fsp3) is 0.321. The molecule has 1 aliphatic rings. The molecule has 1 atom stereocenters. The molecule has 0 amide bonds. The van der Waals surface area contributed by atoms with Crippen molar-refractivity contribution in [1.82, 2.24) is 0 Å². The molecular weight excluding hydrogens is 432 g/mol. The number of rotatable bonds is 6. The zero-order valence-electron chi connectivity index (χ0n) is 19.9. The molecule has 0 saturated carbocycles. The molecule has 0 saturated heterocycles. The molecule has 33 heavy (non-hydrogen) atoms. The lowest BCUT2D eigenvalue weighted by Crippen LogP contribution is -2.48. The van der Waals surface area contributed by atoms with Crippen LogP contribution >= 0.6 is 11.6 Å². The van der Waals surface area contributed by atoms with Crippen LogP contribution < -0.4 is 14.4 Å². The van der Waals surface area contributed by atoms with E-state index in [0.717, 1.165) is 35.7 Å². The number of nitrogens with zero attached hydrogens (tertiary/aromatic N) is 2. The highest BCUT2D eigenvalue weighted by Crippen LogP contribution is 2.45. The Labute approximate surface area is 201 Å². The average molecular weight is 463 g/mol. The summed E-state index contributed by atoms with van der Waals surface area (Å²) in [7, 11) is 1.72. The van der Waals surface area contributed by atoms with Crippen molar-refractivity contribution in [3.8, 4) is 17.2 Å². The number of ether oxygens (including phenoxy) is 2. The topological polar surface area (TPSA) is 34.1 Å². The largest absolute Gasteiger partial charge is 0.496 e. The van der Waals surface area contributed by atoms with Crippen LogP contribution in [0.3, 0.4) is 0 Å². The number of benzene rings is 3. The fourth-order valence-corrected chi connectivity index (χ4v) is 4.99. The van der Waals surface area contributed by atoms with Gasteiger partial charge in [0.2, 0.25) is 0 Å². The molecule has 1 unspecified atom stereocenters. The van der Waals surface area contributed by atoms with Crippen LogP contribution in [0.5, 0.6) is 17.2 Å². The molecule has 0 N–H and O–H groups in total. The molecule has 5 heteroatoms. The number of fused-ring (bicyclic) bond motifs is 1. The molecule has 1 aliphatic heterocycles. The highest BCUT2D eigenvalue weighted by atomic mass is 35.5. The second-order valence-corrected chi connectivity index (χ2v) is 9.56. The minimum atomic E-state index is 0.122. The molecule has 4 rings (SSSR count). The Balaban J connectivity index is 1.57. The summed E-state index contributed by atoms with van der Waals surface area (Å²) < 4.78 is 11.6. The summed E-state index contributed by atoms with van der Waals surface area (Å²) in [6, 6.07) is 19.4. The van der Waals surface area contributed by atoms with Gasteiger partial charge in [0, 0.05) is 40.6 Å². The molecule has 3 aromatic rings. The normalized spacial score (nSPS) is 17.2. The molecule has 0 fully saturated rings. The van der Waals surface area contributed by atoms with Gasteiger partial charge in [-0.05, 0) is 87.2 Å². The van der Waals surface area contributed by atoms with E-state index in [1.54, 1.807) is 13.2 Å². The third-order valence-electron chi connectivity index (χ3n) is 6.27. The number of anilines is 1. The van der Waals surface area contributed by atoms with Gasteiger partial charge < -0.3 is 14.4 Å². The first-order chi connectivity index (χ1) is 15.8. The van der Waals surface area contributed by atoms with Gasteiger partial charge in [0.25, 0.3) is 0 Å². The fourth-order valence-electron chi connectivity index (χ4n) is 4.81. The van der Waals surface area contributed by atoms with E-state index in [1.165, 1.54) is 11.3 Å². The quantitative estimate of drug-likeness (QED) is 0.348. The summed E-state index contributed by atoms with van der Waals surface area (Å²) in [5.41, 5.74) is 4.56. The molecule has 4 nitrogen and oxygen atoms in total. The maximum Gasteiger partial charge on any atom is 0.129 e. The number of methoxy groups -OCH3 is 1. The van der Waals surface area contributed by atoms with Gasteiger partial charge in [-0.2, -0.15) is 0 Å². The van der Waals surface area contributed by atoms with Gasteiger partial charge in [0.05, 0.1) is 12.8 Å². The van der Waals surface area contributed by atoms with E-state index in [1.807, 2.05) is 48.7 Å². The first kappa shape index (κ1) is 23.2. The number of hydrogen-bond acceptors (Lipinski definition) is 4. The predicted molar refractivity (Wildman–Crippen MR) is 138 cm³/mol. The van der Waals surface area contributed by atoms with Crippen molar-refractivity contribution in [1.29, 1.82) is 0 Å². The van der Waals surface area contributed by atoms with Gasteiger partial charge >= 0.3 is 0 Å². The summed E-state index contributed by atoms with van der Waals surface area (Å²) in [6.07, 6.45) is 3.00. The van der Waals surface area contributed by atoms with Crippen molar-refractivity contribution in [2.24, 2.45) is 4.99 Å². The van der Waals surface area contributed by atoms with Gasteiger partial charge in [-0.1, -0.05) is 24.6 Å². The van der Waals surface area contributed by atoms with Crippen LogP contribution in [0.25, 0.3) is 0 Å². The van der Waals surface area contributed by atoms with Crippen LogP contribution in [0.4, 0.5) is 11.4 Å². The first-order valence-corrected chi connectivity index (χ1v) is 11.8. The van der Waals surface area contributed by atoms with Crippen molar-refractivity contribution in [3.63, 3.8) is 0 Å². The SMILES string of the molecule is CCN1c2cc(OC)c(C=Nc3ccc(Oc4cccc(Cl)c4)cc3)cc2C(C)CC1(C)C. The van der Waals surface area contributed by atoms with Crippen molar-refractivity contribution >= 4 is 29.2 Å². The Kier molecular flexibility index (Phi) is 6.66. The molecule has 1 heterocycles.